The summed E-state index contributed by atoms with van der Waals surface area (Å²) >= 11 is 1.78. The molecule has 1 atom stereocenters. The predicted octanol–water partition coefficient (Wildman–Crippen LogP) is 1.92. The van der Waals surface area contributed by atoms with Crippen LogP contribution in [0.2, 0.25) is 0 Å². The van der Waals surface area contributed by atoms with Crippen molar-refractivity contribution in [2.75, 3.05) is 13.6 Å². The van der Waals surface area contributed by atoms with Gasteiger partial charge in [0.05, 0.1) is 12.2 Å². The summed E-state index contributed by atoms with van der Waals surface area (Å²) in [4.78, 5) is 3.65. The molecule has 0 aliphatic carbocycles. The summed E-state index contributed by atoms with van der Waals surface area (Å²) in [6.07, 6.45) is 3.96. The predicted molar refractivity (Wildman–Crippen MR) is 75.5 cm³/mol. The highest BCUT2D eigenvalue weighted by atomic mass is 32.1. The number of nitrogens with zero attached hydrogens (tertiary/aromatic N) is 3. The number of rotatable bonds is 5. The molecule has 2 aromatic rings. The van der Waals surface area contributed by atoms with Gasteiger partial charge in [-0.3, -0.25) is 9.58 Å². The van der Waals surface area contributed by atoms with E-state index in [1.165, 1.54) is 16.0 Å². The van der Waals surface area contributed by atoms with Crippen LogP contribution in [0.1, 0.15) is 22.0 Å². The second-order valence-electron chi connectivity index (χ2n) is 4.66. The Balaban J connectivity index is 2.11. The van der Waals surface area contributed by atoms with E-state index in [0.29, 0.717) is 6.54 Å². The van der Waals surface area contributed by atoms with Crippen molar-refractivity contribution in [3.05, 3.63) is 39.8 Å². The van der Waals surface area contributed by atoms with Gasteiger partial charge in [0.1, 0.15) is 0 Å². The van der Waals surface area contributed by atoms with Crippen molar-refractivity contribution in [3.63, 3.8) is 0 Å². The van der Waals surface area contributed by atoms with Crippen LogP contribution in [-0.4, -0.2) is 28.3 Å². The number of nitrogens with two attached hydrogens (primary N) is 1. The molecule has 0 amide bonds. The van der Waals surface area contributed by atoms with Crippen LogP contribution in [0.5, 0.6) is 0 Å². The van der Waals surface area contributed by atoms with Gasteiger partial charge in [0, 0.05) is 36.8 Å². The van der Waals surface area contributed by atoms with Gasteiger partial charge in [-0.25, -0.2) is 0 Å². The number of thiophene rings is 1. The molecule has 4 nitrogen and oxygen atoms in total. The Labute approximate surface area is 112 Å². The third-order valence-corrected chi connectivity index (χ3v) is 4.27. The lowest BCUT2D eigenvalue weighted by atomic mass is 10.1. The molecule has 0 aliphatic heterocycles. The second kappa shape index (κ2) is 5.65. The average molecular weight is 264 g/mol. The molecule has 18 heavy (non-hydrogen) atoms. The lowest BCUT2D eigenvalue weighted by Crippen LogP contribution is -2.29. The first-order valence-electron chi connectivity index (χ1n) is 6.03. The molecule has 0 fully saturated rings. The van der Waals surface area contributed by atoms with Crippen LogP contribution < -0.4 is 5.73 Å². The lowest BCUT2D eigenvalue weighted by Gasteiger charge is -2.26. The summed E-state index contributed by atoms with van der Waals surface area (Å²) in [7, 11) is 4.05. The van der Waals surface area contributed by atoms with Crippen LogP contribution >= 0.6 is 11.3 Å². The van der Waals surface area contributed by atoms with Gasteiger partial charge in [-0.15, -0.1) is 11.3 Å². The molecule has 2 aromatic heterocycles. The summed E-state index contributed by atoms with van der Waals surface area (Å²) < 4.78 is 1.83. The SMILES string of the molecule is Cc1ccsc1C(CN)N(C)Cc1cnn(C)c1. The summed E-state index contributed by atoms with van der Waals surface area (Å²) in [5.74, 6) is 0. The van der Waals surface area contributed by atoms with Crippen molar-refractivity contribution in [2.45, 2.75) is 19.5 Å². The zero-order valence-corrected chi connectivity index (χ0v) is 11.9. The average Bonchev–Trinajstić information content (AvgIpc) is 2.90. The van der Waals surface area contributed by atoms with Crippen molar-refractivity contribution >= 4 is 11.3 Å². The largest absolute Gasteiger partial charge is 0.329 e. The number of aromatic nitrogens is 2. The van der Waals surface area contributed by atoms with Gasteiger partial charge in [-0.1, -0.05) is 0 Å². The molecule has 0 radical (unpaired) electrons. The van der Waals surface area contributed by atoms with Crippen molar-refractivity contribution < 1.29 is 0 Å². The minimum absolute atomic E-state index is 0.283. The molecule has 0 spiro atoms. The van der Waals surface area contributed by atoms with E-state index < -0.39 is 0 Å². The highest BCUT2D eigenvalue weighted by Crippen LogP contribution is 2.28. The molecule has 5 heteroatoms. The molecule has 0 saturated carbocycles. The van der Waals surface area contributed by atoms with E-state index in [0.717, 1.165) is 6.54 Å². The Morgan fingerprint density at radius 1 is 1.56 bits per heavy atom. The first-order chi connectivity index (χ1) is 8.61. The summed E-state index contributed by atoms with van der Waals surface area (Å²) in [6.45, 7) is 3.65. The van der Waals surface area contributed by atoms with Gasteiger partial charge < -0.3 is 5.73 Å². The zero-order valence-electron chi connectivity index (χ0n) is 11.1. The second-order valence-corrected chi connectivity index (χ2v) is 5.60. The third kappa shape index (κ3) is 2.80. The van der Waals surface area contributed by atoms with E-state index in [-0.39, 0.29) is 6.04 Å². The fourth-order valence-corrected chi connectivity index (χ4v) is 3.27. The maximum atomic E-state index is 5.94. The number of aryl methyl sites for hydroxylation is 2. The van der Waals surface area contributed by atoms with E-state index in [1.54, 1.807) is 11.3 Å². The lowest BCUT2D eigenvalue weighted by molar-refractivity contribution is 0.244. The molecule has 1 unspecified atom stereocenters. The Morgan fingerprint density at radius 3 is 2.83 bits per heavy atom. The molecule has 2 rings (SSSR count). The smallest absolute Gasteiger partial charge is 0.0567 e. The molecular weight excluding hydrogens is 244 g/mol. The van der Waals surface area contributed by atoms with Crippen molar-refractivity contribution in [2.24, 2.45) is 12.8 Å². The van der Waals surface area contributed by atoms with E-state index in [1.807, 2.05) is 24.1 Å². The topological polar surface area (TPSA) is 47.1 Å². The summed E-state index contributed by atoms with van der Waals surface area (Å²) in [5, 5.41) is 6.33. The summed E-state index contributed by atoms with van der Waals surface area (Å²) in [6, 6.07) is 2.44. The van der Waals surface area contributed by atoms with E-state index in [9.17, 15) is 0 Å². The normalized spacial score (nSPS) is 13.2. The van der Waals surface area contributed by atoms with E-state index >= 15 is 0 Å². The van der Waals surface area contributed by atoms with Gasteiger partial charge in [-0.2, -0.15) is 5.10 Å². The number of likely N-dealkylation sites (N-methyl/N-ethyl adjacent to an activating group) is 1. The van der Waals surface area contributed by atoms with Crippen LogP contribution in [-0.2, 0) is 13.6 Å². The minimum atomic E-state index is 0.283. The molecule has 98 valence electrons. The summed E-state index contributed by atoms with van der Waals surface area (Å²) in [5.41, 5.74) is 8.48. The molecule has 0 saturated heterocycles. The Kier molecular flexibility index (Phi) is 4.16. The molecular formula is C13H20N4S. The highest BCUT2D eigenvalue weighted by Gasteiger charge is 2.19. The van der Waals surface area contributed by atoms with Gasteiger partial charge >= 0.3 is 0 Å². The van der Waals surface area contributed by atoms with Crippen LogP contribution in [0.4, 0.5) is 0 Å². The quantitative estimate of drug-likeness (QED) is 0.897. The monoisotopic (exact) mass is 264 g/mol. The van der Waals surface area contributed by atoms with Crippen LogP contribution in [0.15, 0.2) is 23.8 Å². The maximum Gasteiger partial charge on any atom is 0.0567 e. The van der Waals surface area contributed by atoms with E-state index in [2.05, 4.69) is 35.4 Å². The maximum absolute atomic E-state index is 5.94. The first kappa shape index (κ1) is 13.3. The molecule has 0 aliphatic rings. The van der Waals surface area contributed by atoms with Crippen molar-refractivity contribution in [1.29, 1.82) is 0 Å². The van der Waals surface area contributed by atoms with Crippen LogP contribution in [0, 0.1) is 6.92 Å². The van der Waals surface area contributed by atoms with Gasteiger partial charge in [0.15, 0.2) is 0 Å². The standard InChI is InChI=1S/C13H20N4S/c1-10-4-5-18-13(10)12(6-14)16(2)8-11-7-15-17(3)9-11/h4-5,7,9,12H,6,8,14H2,1-3H3. The fourth-order valence-electron chi connectivity index (χ4n) is 2.16. The van der Waals surface area contributed by atoms with Crippen molar-refractivity contribution in [1.82, 2.24) is 14.7 Å². The van der Waals surface area contributed by atoms with Crippen LogP contribution in [0.25, 0.3) is 0 Å². The van der Waals surface area contributed by atoms with Gasteiger partial charge in [0.25, 0.3) is 0 Å². The molecule has 2 N–H and O–H groups in total. The zero-order chi connectivity index (χ0) is 13.1. The number of hydrogen-bond acceptors (Lipinski definition) is 4. The van der Waals surface area contributed by atoms with Gasteiger partial charge in [-0.05, 0) is 31.0 Å². The Hall–Kier alpha value is -1.17. The van der Waals surface area contributed by atoms with Crippen LogP contribution in [0.3, 0.4) is 0 Å². The third-order valence-electron chi connectivity index (χ3n) is 3.15. The molecule has 0 aromatic carbocycles. The Morgan fingerprint density at radius 2 is 2.33 bits per heavy atom. The minimum Gasteiger partial charge on any atom is -0.329 e. The van der Waals surface area contributed by atoms with Crippen molar-refractivity contribution in [3.8, 4) is 0 Å². The van der Waals surface area contributed by atoms with E-state index in [4.69, 9.17) is 5.73 Å². The Bertz CT molecular complexity index is 503. The first-order valence-corrected chi connectivity index (χ1v) is 6.91. The number of hydrogen-bond donors (Lipinski definition) is 1. The fraction of sp³-hybridized carbons (Fsp3) is 0.462. The highest BCUT2D eigenvalue weighted by molar-refractivity contribution is 7.10. The molecule has 0 bridgehead atoms. The molecule has 2 heterocycles. The van der Waals surface area contributed by atoms with Gasteiger partial charge in [0.2, 0.25) is 0 Å².